The van der Waals surface area contributed by atoms with Crippen LogP contribution in [0.25, 0.3) is 21.9 Å². The van der Waals surface area contributed by atoms with E-state index >= 15 is 0 Å². The number of rotatable bonds is 7. The number of nitrogens with one attached hydrogen (secondary N) is 2. The van der Waals surface area contributed by atoms with Gasteiger partial charge in [-0.1, -0.05) is 13.8 Å². The molecule has 0 unspecified atom stereocenters. The summed E-state index contributed by atoms with van der Waals surface area (Å²) < 4.78 is 11.1. The summed E-state index contributed by atoms with van der Waals surface area (Å²) in [4.78, 5) is 47.9. The molecule has 1 aromatic carbocycles. The fourth-order valence-electron chi connectivity index (χ4n) is 3.55. The number of hydrogen-bond acceptors (Lipinski definition) is 7. The lowest BCUT2D eigenvalue weighted by Gasteiger charge is -2.23. The normalized spacial score (nSPS) is 12.3. The monoisotopic (exact) mass is 441 g/mol. The van der Waals surface area contributed by atoms with Crippen LogP contribution in [0.1, 0.15) is 36.3 Å². The average Bonchev–Trinajstić information content (AvgIpc) is 2.99. The summed E-state index contributed by atoms with van der Waals surface area (Å²) in [5, 5.41) is 17.4. The number of aryl methyl sites for hydroxylation is 3. The van der Waals surface area contributed by atoms with Crippen molar-refractivity contribution in [3.05, 3.63) is 45.0 Å². The molecule has 0 spiro atoms. The zero-order valence-corrected chi connectivity index (χ0v) is 18.6. The van der Waals surface area contributed by atoms with E-state index < -0.39 is 36.0 Å². The average molecular weight is 441 g/mol. The predicted molar refractivity (Wildman–Crippen MR) is 115 cm³/mol. The maximum Gasteiger partial charge on any atom is 0.340 e. The first-order valence-corrected chi connectivity index (χ1v) is 10.2. The third kappa shape index (κ3) is 4.51. The smallest absolute Gasteiger partial charge is 0.340 e. The second-order valence-electron chi connectivity index (χ2n) is 8.18. The van der Waals surface area contributed by atoms with Gasteiger partial charge >= 0.3 is 5.63 Å². The van der Waals surface area contributed by atoms with Gasteiger partial charge in [0.05, 0.1) is 30.5 Å². The largest absolute Gasteiger partial charge is 0.548 e. The molecule has 0 aliphatic heterocycles. The summed E-state index contributed by atoms with van der Waals surface area (Å²) in [6, 6.07) is 2.37. The molecule has 0 bridgehead atoms. The van der Waals surface area contributed by atoms with Crippen molar-refractivity contribution in [3.8, 4) is 0 Å². The summed E-state index contributed by atoms with van der Waals surface area (Å²) in [6.07, 6.45) is -0.285. The summed E-state index contributed by atoms with van der Waals surface area (Å²) in [7, 11) is 0. The van der Waals surface area contributed by atoms with Crippen LogP contribution in [0, 0.1) is 26.7 Å². The first kappa shape index (κ1) is 23.1. The molecule has 0 aliphatic rings. The van der Waals surface area contributed by atoms with E-state index in [2.05, 4.69) is 10.6 Å². The Morgan fingerprint density at radius 1 is 0.969 bits per heavy atom. The van der Waals surface area contributed by atoms with Gasteiger partial charge in [0, 0.05) is 16.8 Å². The molecule has 0 saturated heterocycles. The summed E-state index contributed by atoms with van der Waals surface area (Å²) >= 11 is 0. The summed E-state index contributed by atoms with van der Waals surface area (Å²) in [5.41, 5.74) is 2.09. The lowest BCUT2D eigenvalue weighted by molar-refractivity contribution is -0.309. The molecular weight excluding hydrogens is 416 g/mol. The molecule has 1 atom stereocenters. The molecule has 9 heteroatoms. The van der Waals surface area contributed by atoms with Crippen molar-refractivity contribution in [2.24, 2.45) is 5.92 Å². The van der Waals surface area contributed by atoms with Gasteiger partial charge in [-0.25, -0.2) is 4.79 Å². The van der Waals surface area contributed by atoms with Gasteiger partial charge in [-0.05, 0) is 43.9 Å². The number of carbonyl (C=O) groups is 3. The van der Waals surface area contributed by atoms with Crippen LogP contribution >= 0.6 is 0 Å². The van der Waals surface area contributed by atoms with Crippen LogP contribution in [0.2, 0.25) is 0 Å². The second kappa shape index (κ2) is 8.86. The number of carboxylic acids is 1. The van der Waals surface area contributed by atoms with Crippen LogP contribution in [-0.4, -0.2) is 30.4 Å². The maximum absolute atomic E-state index is 12.5. The lowest BCUT2D eigenvalue weighted by Crippen LogP contribution is -2.53. The van der Waals surface area contributed by atoms with Crippen molar-refractivity contribution in [2.75, 3.05) is 6.54 Å². The number of furan rings is 1. The van der Waals surface area contributed by atoms with E-state index in [1.165, 1.54) is 0 Å². The molecule has 9 nitrogen and oxygen atoms in total. The summed E-state index contributed by atoms with van der Waals surface area (Å²) in [5.74, 6) is -2.25. The van der Waals surface area contributed by atoms with E-state index in [9.17, 15) is 24.3 Å². The van der Waals surface area contributed by atoms with Gasteiger partial charge in [0.1, 0.15) is 16.9 Å². The van der Waals surface area contributed by atoms with Crippen molar-refractivity contribution in [1.29, 1.82) is 0 Å². The third-order valence-electron chi connectivity index (χ3n) is 5.60. The Balaban J connectivity index is 1.78. The number of carboxylic acid groups (broad SMARTS) is 1. The van der Waals surface area contributed by atoms with Gasteiger partial charge in [-0.2, -0.15) is 0 Å². The van der Waals surface area contributed by atoms with Crippen LogP contribution in [-0.2, 0) is 20.8 Å². The number of amides is 2. The minimum atomic E-state index is -1.40. The van der Waals surface area contributed by atoms with Crippen molar-refractivity contribution in [1.82, 2.24) is 10.6 Å². The van der Waals surface area contributed by atoms with Gasteiger partial charge in [0.25, 0.3) is 0 Å². The van der Waals surface area contributed by atoms with Crippen LogP contribution in [0.3, 0.4) is 0 Å². The van der Waals surface area contributed by atoms with Crippen LogP contribution in [0.15, 0.2) is 25.8 Å². The predicted octanol–water partition coefficient (Wildman–Crippen LogP) is 1.01. The molecule has 3 rings (SSSR count). The molecule has 3 aromatic rings. The Labute approximate surface area is 183 Å². The topological polar surface area (TPSA) is 142 Å². The van der Waals surface area contributed by atoms with Crippen molar-refractivity contribution in [2.45, 2.75) is 47.1 Å². The molecule has 2 amide bonds. The number of hydrogen-bond donors (Lipinski definition) is 2. The Morgan fingerprint density at radius 3 is 2.22 bits per heavy atom. The van der Waals surface area contributed by atoms with E-state index in [1.807, 2.05) is 19.9 Å². The highest BCUT2D eigenvalue weighted by Gasteiger charge is 2.20. The molecule has 2 N–H and O–H groups in total. The number of aliphatic carboxylic acids is 1. The van der Waals surface area contributed by atoms with Crippen molar-refractivity contribution in [3.63, 3.8) is 0 Å². The fourth-order valence-corrected chi connectivity index (χ4v) is 3.55. The Bertz CT molecular complexity index is 1280. The van der Waals surface area contributed by atoms with E-state index in [1.54, 1.807) is 26.8 Å². The lowest BCUT2D eigenvalue weighted by atomic mass is 10.0. The highest BCUT2D eigenvalue weighted by atomic mass is 16.4. The van der Waals surface area contributed by atoms with E-state index in [-0.39, 0.29) is 17.9 Å². The highest BCUT2D eigenvalue weighted by molar-refractivity contribution is 5.97. The van der Waals surface area contributed by atoms with Crippen LogP contribution in [0.5, 0.6) is 0 Å². The standard InChI is InChI=1S/C23H26N2O7/c1-10(2)21(22(28)29)25-20(27)9-24-19(26)7-16-12(4)15-6-14-11(3)13(5)31-17(14)8-18(15)32-23(16)30/h6,8,10,21H,7,9H2,1-5H3,(H,24,26)(H,25,27)(H,28,29)/p-1/t21-/m0/s1. The number of benzene rings is 1. The Kier molecular flexibility index (Phi) is 6.38. The number of carbonyl (C=O) groups excluding carboxylic acids is 3. The molecule has 0 saturated carbocycles. The first-order valence-electron chi connectivity index (χ1n) is 10.2. The molecular formula is C23H25N2O7-. The van der Waals surface area contributed by atoms with Gasteiger partial charge in [-0.15, -0.1) is 0 Å². The van der Waals surface area contributed by atoms with Crippen molar-refractivity contribution < 1.29 is 28.3 Å². The first-order chi connectivity index (χ1) is 15.0. The zero-order chi connectivity index (χ0) is 23.7. The molecule has 2 aromatic heterocycles. The van der Waals surface area contributed by atoms with E-state index in [4.69, 9.17) is 8.83 Å². The minimum Gasteiger partial charge on any atom is -0.548 e. The molecule has 170 valence electrons. The van der Waals surface area contributed by atoms with Gasteiger partial charge in [0.2, 0.25) is 11.8 Å². The SMILES string of the molecule is Cc1oc2cc3oc(=O)c(CC(=O)NCC(=O)N[C@H](C(=O)[O-])C(C)C)c(C)c3cc2c1C. The molecule has 0 fully saturated rings. The van der Waals surface area contributed by atoms with Crippen LogP contribution < -0.4 is 21.4 Å². The highest BCUT2D eigenvalue weighted by Crippen LogP contribution is 2.30. The minimum absolute atomic E-state index is 0.183. The zero-order valence-electron chi connectivity index (χ0n) is 18.6. The maximum atomic E-state index is 12.5. The molecule has 0 aliphatic carbocycles. The van der Waals surface area contributed by atoms with Crippen molar-refractivity contribution >= 4 is 39.7 Å². The van der Waals surface area contributed by atoms with E-state index in [0.717, 1.165) is 16.7 Å². The molecule has 2 heterocycles. The Hall–Kier alpha value is -3.62. The van der Waals surface area contributed by atoms with Gasteiger partial charge < -0.3 is 29.4 Å². The summed E-state index contributed by atoms with van der Waals surface area (Å²) in [6.45, 7) is 8.34. The van der Waals surface area contributed by atoms with E-state index in [0.29, 0.717) is 22.1 Å². The third-order valence-corrected chi connectivity index (χ3v) is 5.60. The second-order valence-corrected chi connectivity index (χ2v) is 8.18. The molecule has 32 heavy (non-hydrogen) atoms. The van der Waals surface area contributed by atoms with Crippen LogP contribution in [0.4, 0.5) is 0 Å². The Morgan fingerprint density at radius 2 is 1.59 bits per heavy atom. The quantitative estimate of drug-likeness (QED) is 0.521. The number of fused-ring (bicyclic) bond motifs is 2. The van der Waals surface area contributed by atoms with Gasteiger partial charge in [-0.3, -0.25) is 9.59 Å². The van der Waals surface area contributed by atoms with Gasteiger partial charge in [0.15, 0.2) is 0 Å². The fraction of sp³-hybridized carbons (Fsp3) is 0.391. The molecule has 0 radical (unpaired) electrons.